The van der Waals surface area contributed by atoms with Gasteiger partial charge < -0.3 is 4.12 Å². The number of hydrogen-bond acceptors (Lipinski definition) is 1. The van der Waals surface area contributed by atoms with Crippen LogP contribution in [-0.4, -0.2) is 16.6 Å². The molecule has 6 aromatic rings. The van der Waals surface area contributed by atoms with Crippen LogP contribution in [0.1, 0.15) is 22.3 Å². The van der Waals surface area contributed by atoms with Gasteiger partial charge in [0.05, 0.1) is 0 Å². The molecule has 0 spiro atoms. The van der Waals surface area contributed by atoms with Crippen LogP contribution in [0.5, 0.6) is 0 Å². The van der Waals surface area contributed by atoms with E-state index in [9.17, 15) is 0 Å². The summed E-state index contributed by atoms with van der Waals surface area (Å²) in [6, 6.07) is 57.8. The molecule has 0 atom stereocenters. The second kappa shape index (κ2) is 12.1. The molecular formula is C40H38OSi2. The molecule has 0 amide bonds. The topological polar surface area (TPSA) is 9.23 Å². The third kappa shape index (κ3) is 5.14. The minimum atomic E-state index is -3.15. The fourth-order valence-electron chi connectivity index (χ4n) is 6.34. The second-order valence-electron chi connectivity index (χ2n) is 11.5. The highest BCUT2D eigenvalue weighted by atomic mass is 28.4. The van der Waals surface area contributed by atoms with Gasteiger partial charge >= 0.3 is 0 Å². The molecule has 3 heteroatoms. The van der Waals surface area contributed by atoms with Crippen LogP contribution in [0.15, 0.2) is 158 Å². The molecule has 43 heavy (non-hydrogen) atoms. The molecule has 0 aliphatic rings. The van der Waals surface area contributed by atoms with Crippen molar-refractivity contribution >= 4 is 47.8 Å². The molecule has 0 saturated heterocycles. The van der Waals surface area contributed by atoms with Gasteiger partial charge in [-0.3, -0.25) is 0 Å². The first kappa shape index (κ1) is 28.8. The quantitative estimate of drug-likeness (QED) is 0.166. The van der Waals surface area contributed by atoms with Crippen molar-refractivity contribution in [2.24, 2.45) is 0 Å². The number of rotatable bonds is 8. The van der Waals surface area contributed by atoms with E-state index in [0.29, 0.717) is 0 Å². The molecule has 1 nitrogen and oxygen atoms in total. The average Bonchev–Trinajstić information content (AvgIpc) is 3.06. The maximum absolute atomic E-state index is 8.45. The summed E-state index contributed by atoms with van der Waals surface area (Å²) in [7, 11) is -6.29. The smallest absolute Gasteiger partial charge is 0.279 e. The molecule has 6 aromatic carbocycles. The highest BCUT2D eigenvalue weighted by molar-refractivity contribution is 7.18. The Morgan fingerprint density at radius 1 is 0.349 bits per heavy atom. The molecule has 0 aliphatic heterocycles. The molecule has 0 saturated carbocycles. The van der Waals surface area contributed by atoms with Gasteiger partial charge in [0.1, 0.15) is 0 Å². The Bertz CT molecular complexity index is 1740. The Labute approximate surface area is 258 Å². The normalized spacial score (nSPS) is 11.8. The van der Waals surface area contributed by atoms with Crippen LogP contribution >= 0.6 is 0 Å². The summed E-state index contributed by atoms with van der Waals surface area (Å²) in [6.07, 6.45) is 0. The Kier molecular flexibility index (Phi) is 8.13. The fraction of sp³-hybridized carbons (Fsp3) is 0.100. The molecule has 6 rings (SSSR count). The van der Waals surface area contributed by atoms with Crippen molar-refractivity contribution in [1.29, 1.82) is 0 Å². The third-order valence-corrected chi connectivity index (χ3v) is 18.4. The maximum atomic E-state index is 8.45. The lowest BCUT2D eigenvalue weighted by Gasteiger charge is -2.44. The van der Waals surface area contributed by atoms with Gasteiger partial charge in [-0.1, -0.05) is 158 Å². The molecule has 0 bridgehead atoms. The fourth-order valence-corrected chi connectivity index (χ4v) is 17.4. The number of benzene rings is 6. The monoisotopic (exact) mass is 590 g/mol. The van der Waals surface area contributed by atoms with E-state index in [4.69, 9.17) is 4.12 Å². The van der Waals surface area contributed by atoms with E-state index in [1.54, 1.807) is 0 Å². The van der Waals surface area contributed by atoms with Gasteiger partial charge in [-0.2, -0.15) is 0 Å². The summed E-state index contributed by atoms with van der Waals surface area (Å²) in [4.78, 5) is 0. The lowest BCUT2D eigenvalue weighted by atomic mass is 10.1. The van der Waals surface area contributed by atoms with Crippen molar-refractivity contribution < 1.29 is 4.12 Å². The molecule has 212 valence electrons. The van der Waals surface area contributed by atoms with Crippen molar-refractivity contribution in [2.45, 2.75) is 27.7 Å². The van der Waals surface area contributed by atoms with Gasteiger partial charge in [0, 0.05) is 0 Å². The molecule has 0 fully saturated rings. The van der Waals surface area contributed by atoms with Crippen LogP contribution in [0, 0.1) is 27.7 Å². The predicted molar refractivity (Wildman–Crippen MR) is 188 cm³/mol. The standard InChI is InChI=1S/C40H38OSi2/c1-31-28-29-39(30-33(31)3)42(35-19-9-5-10-20-35,36-21-11-6-12-22-36)41-43(37-23-13-7-14-24-37,38-25-15-8-16-26-38)40-27-17-18-32(2)34(40)4/h5-30H,1-4H3. The van der Waals surface area contributed by atoms with Gasteiger partial charge in [0.15, 0.2) is 0 Å². The van der Waals surface area contributed by atoms with E-state index in [2.05, 4.69) is 185 Å². The van der Waals surface area contributed by atoms with Crippen LogP contribution < -0.4 is 31.1 Å². The summed E-state index contributed by atoms with van der Waals surface area (Å²) in [5, 5.41) is 7.57. The molecule has 0 heterocycles. The highest BCUT2D eigenvalue weighted by Crippen LogP contribution is 2.22. The number of hydrogen-bond donors (Lipinski definition) is 0. The van der Waals surface area contributed by atoms with Crippen LogP contribution in [-0.2, 0) is 4.12 Å². The Balaban J connectivity index is 1.81. The first-order valence-corrected chi connectivity index (χ1v) is 18.8. The first-order chi connectivity index (χ1) is 21.0. The minimum Gasteiger partial charge on any atom is -0.435 e. The van der Waals surface area contributed by atoms with Gasteiger partial charge in [-0.25, -0.2) is 0 Å². The molecule has 0 N–H and O–H groups in total. The molecule has 0 unspecified atom stereocenters. The van der Waals surface area contributed by atoms with Crippen molar-refractivity contribution in [2.75, 3.05) is 0 Å². The highest BCUT2D eigenvalue weighted by Gasteiger charge is 2.53. The Hall–Kier alpha value is -4.29. The van der Waals surface area contributed by atoms with Crippen molar-refractivity contribution in [3.8, 4) is 0 Å². The zero-order valence-corrected chi connectivity index (χ0v) is 27.4. The maximum Gasteiger partial charge on any atom is 0.279 e. The van der Waals surface area contributed by atoms with E-state index in [1.807, 2.05) is 0 Å². The van der Waals surface area contributed by atoms with Gasteiger partial charge in [0.25, 0.3) is 16.6 Å². The SMILES string of the molecule is Cc1ccc([Si](O[Si](c2ccccc2)(c2ccccc2)c2cccc(C)c2C)(c2ccccc2)c2ccccc2)cc1C. The van der Waals surface area contributed by atoms with E-state index in [-0.39, 0.29) is 0 Å². The van der Waals surface area contributed by atoms with E-state index < -0.39 is 16.6 Å². The first-order valence-electron chi connectivity index (χ1n) is 15.0. The zero-order chi connectivity index (χ0) is 29.9. The Morgan fingerprint density at radius 3 is 1.23 bits per heavy atom. The lowest BCUT2D eigenvalue weighted by molar-refractivity contribution is 0.600. The third-order valence-electron chi connectivity index (χ3n) is 8.92. The summed E-state index contributed by atoms with van der Waals surface area (Å²) >= 11 is 0. The van der Waals surface area contributed by atoms with Crippen molar-refractivity contribution in [3.05, 3.63) is 180 Å². The van der Waals surface area contributed by atoms with Crippen molar-refractivity contribution in [3.63, 3.8) is 0 Å². The minimum absolute atomic E-state index is 1.25. The van der Waals surface area contributed by atoms with Gasteiger partial charge in [0.2, 0.25) is 0 Å². The van der Waals surface area contributed by atoms with E-state index in [0.717, 1.165) is 0 Å². The summed E-state index contributed by atoms with van der Waals surface area (Å²) < 4.78 is 8.45. The van der Waals surface area contributed by atoms with Crippen LogP contribution in [0.4, 0.5) is 0 Å². The molecule has 0 aromatic heterocycles. The lowest BCUT2D eigenvalue weighted by Crippen LogP contribution is -2.81. The second-order valence-corrected chi connectivity index (χ2v) is 18.4. The van der Waals surface area contributed by atoms with Crippen LogP contribution in [0.3, 0.4) is 0 Å². The average molecular weight is 591 g/mol. The van der Waals surface area contributed by atoms with Crippen LogP contribution in [0.25, 0.3) is 0 Å². The van der Waals surface area contributed by atoms with E-state index in [1.165, 1.54) is 53.4 Å². The number of aryl methyl sites for hydroxylation is 3. The van der Waals surface area contributed by atoms with Gasteiger partial charge in [-0.15, -0.1) is 0 Å². The summed E-state index contributed by atoms with van der Waals surface area (Å²) in [5.41, 5.74) is 5.15. The van der Waals surface area contributed by atoms with Crippen LogP contribution in [0.2, 0.25) is 0 Å². The zero-order valence-electron chi connectivity index (χ0n) is 25.4. The largest absolute Gasteiger partial charge is 0.435 e. The van der Waals surface area contributed by atoms with Gasteiger partial charge in [-0.05, 0) is 81.1 Å². The van der Waals surface area contributed by atoms with E-state index >= 15 is 0 Å². The molecule has 0 aliphatic carbocycles. The molecule has 0 radical (unpaired) electrons. The summed E-state index contributed by atoms with van der Waals surface area (Å²) in [6.45, 7) is 8.90. The summed E-state index contributed by atoms with van der Waals surface area (Å²) in [5.74, 6) is 0. The van der Waals surface area contributed by atoms with Crippen molar-refractivity contribution in [1.82, 2.24) is 0 Å². The Morgan fingerprint density at radius 2 is 0.791 bits per heavy atom. The predicted octanol–water partition coefficient (Wildman–Crippen LogP) is 5.57. The molecular weight excluding hydrogens is 553 g/mol.